The maximum Gasteiger partial charge on any atom is 0.239 e. The lowest BCUT2D eigenvalue weighted by molar-refractivity contribution is -0.120. The normalized spacial score (nSPS) is 14.4. The molecule has 2 N–H and O–H groups in total. The van der Waals surface area contributed by atoms with Gasteiger partial charge in [-0.3, -0.25) is 9.78 Å². The summed E-state index contributed by atoms with van der Waals surface area (Å²) in [7, 11) is 0. The molecule has 1 aliphatic heterocycles. The van der Waals surface area contributed by atoms with E-state index in [2.05, 4.69) is 63.8 Å². The summed E-state index contributed by atoms with van der Waals surface area (Å²) in [5.41, 5.74) is 5.92. The molecule has 3 aromatic rings. The van der Waals surface area contributed by atoms with Crippen molar-refractivity contribution in [2.24, 2.45) is 0 Å². The Balaban J connectivity index is 1.42. The Kier molecular flexibility index (Phi) is 5.03. The number of carbonyl (C=O) groups excluding carboxylic acids is 1. The fourth-order valence-electron chi connectivity index (χ4n) is 3.59. The van der Waals surface area contributed by atoms with Gasteiger partial charge in [0, 0.05) is 43.4 Å². The maximum absolute atomic E-state index is 11.6. The summed E-state index contributed by atoms with van der Waals surface area (Å²) < 4.78 is 0. The topological polar surface area (TPSA) is 57.3 Å². The van der Waals surface area contributed by atoms with E-state index in [-0.39, 0.29) is 5.91 Å². The Morgan fingerprint density at radius 3 is 2.85 bits per heavy atom. The van der Waals surface area contributed by atoms with Gasteiger partial charge in [-0.15, -0.1) is 0 Å². The zero-order chi connectivity index (χ0) is 18.6. The Bertz CT molecular complexity index is 964. The Hall–Kier alpha value is -2.92. The van der Waals surface area contributed by atoms with Gasteiger partial charge in [-0.25, -0.2) is 0 Å². The number of nitrogens with one attached hydrogen (secondary N) is 2. The van der Waals surface area contributed by atoms with Crippen LogP contribution in [0.1, 0.15) is 16.7 Å². The van der Waals surface area contributed by atoms with Crippen molar-refractivity contribution in [3.05, 3.63) is 71.4 Å². The molecule has 0 aliphatic carbocycles. The average Bonchev–Trinajstić information content (AvgIpc) is 2.69. The SMILES string of the molecule is Cc1cc(N2CCNC(=O)C2)ccc1CNCc1cccc2ncccc12. The summed E-state index contributed by atoms with van der Waals surface area (Å²) in [6, 6.07) is 16.8. The van der Waals surface area contributed by atoms with Gasteiger partial charge in [0.1, 0.15) is 0 Å². The lowest BCUT2D eigenvalue weighted by atomic mass is 10.1. The number of fused-ring (bicyclic) bond motifs is 1. The molecule has 0 radical (unpaired) electrons. The first-order valence-electron chi connectivity index (χ1n) is 9.35. The van der Waals surface area contributed by atoms with Crippen LogP contribution >= 0.6 is 0 Å². The molecule has 2 heterocycles. The van der Waals surface area contributed by atoms with Crippen molar-refractivity contribution in [3.63, 3.8) is 0 Å². The number of carbonyl (C=O) groups is 1. The van der Waals surface area contributed by atoms with Crippen molar-refractivity contribution in [2.45, 2.75) is 20.0 Å². The number of rotatable bonds is 5. The molecule has 4 rings (SSSR count). The largest absolute Gasteiger partial charge is 0.360 e. The van der Waals surface area contributed by atoms with E-state index < -0.39 is 0 Å². The lowest BCUT2D eigenvalue weighted by Crippen LogP contribution is -2.47. The van der Waals surface area contributed by atoms with Gasteiger partial charge in [-0.05, 0) is 47.9 Å². The third-order valence-electron chi connectivity index (χ3n) is 5.10. The number of nitrogens with zero attached hydrogens (tertiary/aromatic N) is 2. The third kappa shape index (κ3) is 3.93. The maximum atomic E-state index is 11.6. The molecular formula is C22H24N4O. The van der Waals surface area contributed by atoms with E-state index in [4.69, 9.17) is 0 Å². The van der Waals surface area contributed by atoms with Gasteiger partial charge in [0.15, 0.2) is 0 Å². The molecule has 5 nitrogen and oxygen atoms in total. The van der Waals surface area contributed by atoms with E-state index >= 15 is 0 Å². The number of anilines is 1. The molecule has 1 saturated heterocycles. The summed E-state index contributed by atoms with van der Waals surface area (Å²) in [5.74, 6) is 0.0919. The second-order valence-corrected chi connectivity index (χ2v) is 6.97. The van der Waals surface area contributed by atoms with Crippen LogP contribution < -0.4 is 15.5 Å². The number of aryl methyl sites for hydroxylation is 1. The molecule has 1 aliphatic rings. The number of hydrogen-bond donors (Lipinski definition) is 2. The second kappa shape index (κ2) is 7.76. The molecule has 0 saturated carbocycles. The van der Waals surface area contributed by atoms with Crippen molar-refractivity contribution >= 4 is 22.5 Å². The van der Waals surface area contributed by atoms with Crippen molar-refractivity contribution in [1.29, 1.82) is 0 Å². The van der Waals surface area contributed by atoms with Gasteiger partial charge >= 0.3 is 0 Å². The van der Waals surface area contributed by atoms with Crippen LogP contribution in [0.5, 0.6) is 0 Å². The van der Waals surface area contributed by atoms with Crippen LogP contribution in [0.15, 0.2) is 54.7 Å². The van der Waals surface area contributed by atoms with Crippen LogP contribution in [0, 0.1) is 6.92 Å². The molecule has 2 aromatic carbocycles. The number of hydrogen-bond acceptors (Lipinski definition) is 4. The minimum absolute atomic E-state index is 0.0919. The highest BCUT2D eigenvalue weighted by Gasteiger charge is 2.16. The van der Waals surface area contributed by atoms with Crippen molar-refractivity contribution in [1.82, 2.24) is 15.6 Å². The summed E-state index contributed by atoms with van der Waals surface area (Å²) >= 11 is 0. The summed E-state index contributed by atoms with van der Waals surface area (Å²) in [6.07, 6.45) is 1.83. The molecular weight excluding hydrogens is 336 g/mol. The van der Waals surface area contributed by atoms with Gasteiger partial charge in [0.25, 0.3) is 0 Å². The number of benzene rings is 2. The van der Waals surface area contributed by atoms with Crippen molar-refractivity contribution < 1.29 is 4.79 Å². The third-order valence-corrected chi connectivity index (χ3v) is 5.10. The molecule has 5 heteroatoms. The Morgan fingerprint density at radius 2 is 2.00 bits per heavy atom. The number of aromatic nitrogens is 1. The zero-order valence-corrected chi connectivity index (χ0v) is 15.5. The van der Waals surface area contributed by atoms with Gasteiger partial charge in [-0.2, -0.15) is 0 Å². The summed E-state index contributed by atoms with van der Waals surface area (Å²) in [6.45, 7) is 5.75. The Morgan fingerprint density at radius 1 is 1.11 bits per heavy atom. The van der Waals surface area contributed by atoms with Crippen LogP contribution in [-0.2, 0) is 17.9 Å². The van der Waals surface area contributed by atoms with Gasteiger partial charge in [-0.1, -0.05) is 24.3 Å². The van der Waals surface area contributed by atoms with Gasteiger partial charge < -0.3 is 15.5 Å². The average molecular weight is 360 g/mol. The first-order valence-corrected chi connectivity index (χ1v) is 9.35. The van der Waals surface area contributed by atoms with Crippen LogP contribution in [-0.4, -0.2) is 30.5 Å². The van der Waals surface area contributed by atoms with Crippen molar-refractivity contribution in [3.8, 4) is 0 Å². The quantitative estimate of drug-likeness (QED) is 0.735. The highest BCUT2D eigenvalue weighted by Crippen LogP contribution is 2.20. The summed E-state index contributed by atoms with van der Waals surface area (Å²) in [4.78, 5) is 18.2. The first kappa shape index (κ1) is 17.5. The van der Waals surface area contributed by atoms with Gasteiger partial charge in [0.2, 0.25) is 5.91 Å². The van der Waals surface area contributed by atoms with E-state index in [1.807, 2.05) is 18.3 Å². The molecule has 1 fully saturated rings. The van der Waals surface area contributed by atoms with E-state index in [9.17, 15) is 4.79 Å². The molecule has 0 spiro atoms. The minimum Gasteiger partial charge on any atom is -0.360 e. The number of piperazine rings is 1. The van der Waals surface area contributed by atoms with E-state index in [0.717, 1.165) is 30.8 Å². The van der Waals surface area contributed by atoms with Crippen LogP contribution in [0.25, 0.3) is 10.9 Å². The number of pyridine rings is 1. The molecule has 1 aromatic heterocycles. The van der Waals surface area contributed by atoms with Crippen LogP contribution in [0.4, 0.5) is 5.69 Å². The predicted molar refractivity (Wildman–Crippen MR) is 109 cm³/mol. The highest BCUT2D eigenvalue weighted by atomic mass is 16.2. The summed E-state index contributed by atoms with van der Waals surface area (Å²) in [5, 5.41) is 7.62. The highest BCUT2D eigenvalue weighted by molar-refractivity contribution is 5.83. The second-order valence-electron chi connectivity index (χ2n) is 6.97. The van der Waals surface area contributed by atoms with Gasteiger partial charge in [0.05, 0.1) is 12.1 Å². The Labute approximate surface area is 159 Å². The molecule has 138 valence electrons. The standard InChI is InChI=1S/C22H24N4O/c1-16-12-19(26-11-10-25-22(27)15-26)8-7-17(16)13-23-14-18-4-2-6-21-20(18)5-3-9-24-21/h2-9,12,23H,10-11,13-15H2,1H3,(H,25,27). The molecule has 0 unspecified atom stereocenters. The predicted octanol–water partition coefficient (Wildman–Crippen LogP) is 2.77. The molecule has 1 amide bonds. The van der Waals surface area contributed by atoms with Crippen LogP contribution in [0.2, 0.25) is 0 Å². The van der Waals surface area contributed by atoms with Crippen LogP contribution in [0.3, 0.4) is 0 Å². The molecule has 0 bridgehead atoms. The first-order chi connectivity index (χ1) is 13.2. The minimum atomic E-state index is 0.0919. The van der Waals surface area contributed by atoms with E-state index in [1.54, 1.807) is 0 Å². The molecule has 27 heavy (non-hydrogen) atoms. The smallest absolute Gasteiger partial charge is 0.239 e. The lowest BCUT2D eigenvalue weighted by Gasteiger charge is -2.29. The zero-order valence-electron chi connectivity index (χ0n) is 15.5. The molecule has 0 atom stereocenters. The van der Waals surface area contributed by atoms with E-state index in [0.29, 0.717) is 13.1 Å². The fraction of sp³-hybridized carbons (Fsp3) is 0.273. The van der Waals surface area contributed by atoms with E-state index in [1.165, 1.54) is 22.1 Å². The van der Waals surface area contributed by atoms with Crippen molar-refractivity contribution in [2.75, 3.05) is 24.5 Å². The monoisotopic (exact) mass is 360 g/mol. The fourth-order valence-corrected chi connectivity index (χ4v) is 3.59. The number of amides is 1.